The Balaban J connectivity index is 1.54. The molecule has 0 radical (unpaired) electrons. The van der Waals surface area contributed by atoms with E-state index in [1.807, 2.05) is 24.4 Å². The maximum Gasteiger partial charge on any atom is 0.222 e. The minimum Gasteiger partial charge on any atom is -0.361 e. The number of H-pyrrole nitrogens is 1. The minimum atomic E-state index is -3.52. The second kappa shape index (κ2) is 6.33. The van der Waals surface area contributed by atoms with E-state index in [1.54, 1.807) is 4.90 Å². The fourth-order valence-electron chi connectivity index (χ4n) is 3.31. The highest BCUT2D eigenvalue weighted by atomic mass is 32.2. The molecule has 2 heterocycles. The molecule has 0 aliphatic carbocycles. The average Bonchev–Trinajstić information content (AvgIpc) is 3.02. The summed E-state index contributed by atoms with van der Waals surface area (Å²) in [5.41, 5.74) is 2.36. The van der Waals surface area contributed by atoms with Gasteiger partial charge in [-0.1, -0.05) is 18.2 Å². The number of aryl methyl sites for hydroxylation is 1. The highest BCUT2D eigenvalue weighted by Crippen LogP contribution is 2.21. The van der Waals surface area contributed by atoms with Crippen LogP contribution in [0.15, 0.2) is 30.5 Å². The average molecular weight is 335 g/mol. The zero-order chi connectivity index (χ0) is 16.4. The summed E-state index contributed by atoms with van der Waals surface area (Å²) >= 11 is 0. The Hall–Kier alpha value is -1.86. The molecular weight excluding hydrogens is 314 g/mol. The highest BCUT2D eigenvalue weighted by Gasteiger charge is 2.31. The number of nitrogens with two attached hydrogens (primary N) is 1. The number of likely N-dealkylation sites (tertiary alicyclic amines) is 1. The van der Waals surface area contributed by atoms with Gasteiger partial charge in [0.25, 0.3) is 0 Å². The van der Waals surface area contributed by atoms with Crippen LogP contribution in [0.3, 0.4) is 0 Å². The number of aromatic nitrogens is 1. The number of benzene rings is 1. The van der Waals surface area contributed by atoms with Crippen molar-refractivity contribution >= 4 is 26.8 Å². The van der Waals surface area contributed by atoms with Crippen LogP contribution < -0.4 is 5.14 Å². The van der Waals surface area contributed by atoms with Crippen LogP contribution in [-0.2, 0) is 21.2 Å². The number of hydrogen-bond acceptors (Lipinski definition) is 3. The number of carbonyl (C=O) groups excluding carboxylic acids is 1. The van der Waals surface area contributed by atoms with Crippen LogP contribution in [0.25, 0.3) is 10.9 Å². The van der Waals surface area contributed by atoms with Gasteiger partial charge in [0, 0.05) is 42.5 Å². The first kappa shape index (κ1) is 16.0. The van der Waals surface area contributed by atoms with Gasteiger partial charge >= 0.3 is 0 Å². The van der Waals surface area contributed by atoms with Crippen molar-refractivity contribution in [3.05, 3.63) is 36.0 Å². The summed E-state index contributed by atoms with van der Waals surface area (Å²) in [6.07, 6.45) is 4.03. The fourth-order valence-corrected chi connectivity index (χ4v) is 4.19. The maximum atomic E-state index is 12.0. The molecule has 1 saturated heterocycles. The smallest absolute Gasteiger partial charge is 0.222 e. The number of amides is 1. The van der Waals surface area contributed by atoms with Crippen molar-refractivity contribution in [3.63, 3.8) is 0 Å². The lowest BCUT2D eigenvalue weighted by molar-refractivity contribution is -0.127. The van der Waals surface area contributed by atoms with Crippen LogP contribution in [0.2, 0.25) is 0 Å². The zero-order valence-corrected chi connectivity index (χ0v) is 13.7. The molecule has 124 valence electrons. The lowest BCUT2D eigenvalue weighted by Crippen LogP contribution is -2.28. The summed E-state index contributed by atoms with van der Waals surface area (Å²) in [7, 11) is -3.52. The molecule has 0 bridgehead atoms. The molecule has 3 rings (SSSR count). The normalized spacial score (nSPS) is 18.9. The van der Waals surface area contributed by atoms with Crippen molar-refractivity contribution < 1.29 is 13.2 Å². The van der Waals surface area contributed by atoms with E-state index in [9.17, 15) is 13.2 Å². The predicted molar refractivity (Wildman–Crippen MR) is 89.3 cm³/mol. The number of aromatic amines is 1. The van der Waals surface area contributed by atoms with Gasteiger partial charge in [-0.25, -0.2) is 13.6 Å². The van der Waals surface area contributed by atoms with Crippen LogP contribution in [0.1, 0.15) is 18.4 Å². The van der Waals surface area contributed by atoms with E-state index in [1.165, 1.54) is 10.9 Å². The van der Waals surface area contributed by atoms with Gasteiger partial charge in [0.1, 0.15) is 0 Å². The first-order valence-electron chi connectivity index (χ1n) is 7.75. The van der Waals surface area contributed by atoms with Gasteiger partial charge in [0.2, 0.25) is 15.9 Å². The molecule has 1 unspecified atom stereocenters. The van der Waals surface area contributed by atoms with Crippen LogP contribution in [0, 0.1) is 5.92 Å². The lowest BCUT2D eigenvalue weighted by Gasteiger charge is -2.16. The van der Waals surface area contributed by atoms with Crippen molar-refractivity contribution in [1.29, 1.82) is 0 Å². The molecule has 6 nitrogen and oxygen atoms in total. The van der Waals surface area contributed by atoms with E-state index < -0.39 is 10.0 Å². The Morgan fingerprint density at radius 3 is 2.87 bits per heavy atom. The van der Waals surface area contributed by atoms with Crippen molar-refractivity contribution in [2.75, 3.05) is 18.8 Å². The third-order valence-corrected chi connectivity index (χ3v) is 5.25. The maximum absolute atomic E-state index is 12.0. The SMILES string of the molecule is NS(=O)(=O)CC1CC(=O)N(CCCc2c[nH]c3ccccc23)C1. The molecule has 1 aliphatic rings. The largest absolute Gasteiger partial charge is 0.361 e. The summed E-state index contributed by atoms with van der Waals surface area (Å²) in [5, 5.41) is 6.28. The number of sulfonamides is 1. The first-order valence-corrected chi connectivity index (χ1v) is 9.47. The first-order chi connectivity index (χ1) is 10.9. The number of hydrogen-bond donors (Lipinski definition) is 2. The number of fused-ring (bicyclic) bond motifs is 1. The highest BCUT2D eigenvalue weighted by molar-refractivity contribution is 7.89. The van der Waals surface area contributed by atoms with Gasteiger partial charge in [-0.2, -0.15) is 0 Å². The van der Waals surface area contributed by atoms with Gasteiger partial charge in [0.05, 0.1) is 5.75 Å². The van der Waals surface area contributed by atoms with Gasteiger partial charge in [0.15, 0.2) is 0 Å². The summed E-state index contributed by atoms with van der Waals surface area (Å²) in [5.74, 6) is -0.263. The van der Waals surface area contributed by atoms with Gasteiger partial charge in [-0.15, -0.1) is 0 Å². The van der Waals surface area contributed by atoms with E-state index >= 15 is 0 Å². The Labute approximate surface area is 135 Å². The van der Waals surface area contributed by atoms with E-state index in [4.69, 9.17) is 5.14 Å². The molecule has 1 aromatic heterocycles. The standard InChI is InChI=1S/C16H21N3O3S/c17-23(21,22)11-12-8-16(20)19(10-12)7-3-4-13-9-18-15-6-2-1-5-14(13)15/h1-2,5-6,9,12,18H,3-4,7-8,10-11H2,(H2,17,21,22). The summed E-state index contributed by atoms with van der Waals surface area (Å²) in [6.45, 7) is 1.14. The number of rotatable bonds is 6. The minimum absolute atomic E-state index is 0.0255. The lowest BCUT2D eigenvalue weighted by atomic mass is 10.1. The molecule has 1 atom stereocenters. The van der Waals surface area contributed by atoms with E-state index in [0.717, 1.165) is 18.4 Å². The molecule has 1 fully saturated rings. The third-order valence-electron chi connectivity index (χ3n) is 4.31. The quantitative estimate of drug-likeness (QED) is 0.831. The molecule has 1 aromatic carbocycles. The van der Waals surface area contributed by atoms with Crippen LogP contribution in [0.5, 0.6) is 0 Å². The number of primary sulfonamides is 1. The topological polar surface area (TPSA) is 96.3 Å². The van der Waals surface area contributed by atoms with Crippen molar-refractivity contribution in [3.8, 4) is 0 Å². The van der Waals surface area contributed by atoms with E-state index in [0.29, 0.717) is 13.1 Å². The Bertz CT molecular complexity index is 813. The summed E-state index contributed by atoms with van der Waals surface area (Å²) in [6, 6.07) is 8.14. The monoisotopic (exact) mass is 335 g/mol. The molecule has 1 aliphatic heterocycles. The molecule has 0 spiro atoms. The zero-order valence-electron chi connectivity index (χ0n) is 12.9. The second-order valence-electron chi connectivity index (χ2n) is 6.20. The Morgan fingerprint density at radius 2 is 2.09 bits per heavy atom. The van der Waals surface area contributed by atoms with Gasteiger partial charge in [-0.3, -0.25) is 4.79 Å². The molecule has 1 amide bonds. The predicted octanol–water partition coefficient (Wildman–Crippen LogP) is 1.24. The van der Waals surface area contributed by atoms with E-state index in [2.05, 4.69) is 11.1 Å². The molecule has 3 N–H and O–H groups in total. The number of carbonyl (C=O) groups is 1. The van der Waals surface area contributed by atoms with Gasteiger partial charge in [-0.05, 0) is 24.5 Å². The van der Waals surface area contributed by atoms with Crippen molar-refractivity contribution in [2.45, 2.75) is 19.3 Å². The summed E-state index contributed by atoms with van der Waals surface area (Å²) in [4.78, 5) is 17.0. The molecule has 2 aromatic rings. The van der Waals surface area contributed by atoms with E-state index in [-0.39, 0.29) is 24.0 Å². The van der Waals surface area contributed by atoms with Crippen molar-refractivity contribution in [1.82, 2.24) is 9.88 Å². The molecule has 23 heavy (non-hydrogen) atoms. The number of nitrogens with zero attached hydrogens (tertiary/aromatic N) is 1. The molecule has 7 heteroatoms. The van der Waals surface area contributed by atoms with Gasteiger partial charge < -0.3 is 9.88 Å². The Kier molecular flexibility index (Phi) is 4.41. The van der Waals surface area contributed by atoms with Crippen LogP contribution in [0.4, 0.5) is 0 Å². The Morgan fingerprint density at radius 1 is 1.30 bits per heavy atom. The third kappa shape index (κ3) is 3.92. The molecular formula is C16H21N3O3S. The van der Waals surface area contributed by atoms with Crippen LogP contribution >= 0.6 is 0 Å². The van der Waals surface area contributed by atoms with Crippen LogP contribution in [-0.4, -0.2) is 43.1 Å². The molecule has 0 saturated carbocycles. The summed E-state index contributed by atoms with van der Waals surface area (Å²) < 4.78 is 22.3. The number of para-hydroxylation sites is 1. The second-order valence-corrected chi connectivity index (χ2v) is 7.86. The number of nitrogens with one attached hydrogen (secondary N) is 1. The fraction of sp³-hybridized carbons (Fsp3) is 0.438. The van der Waals surface area contributed by atoms with Crippen molar-refractivity contribution in [2.24, 2.45) is 11.1 Å².